The Balaban J connectivity index is 1.37. The number of hydrogen-bond donors (Lipinski definition) is 4. The molecule has 0 saturated carbocycles. The summed E-state index contributed by atoms with van der Waals surface area (Å²) in [7, 11) is 3.34. The summed E-state index contributed by atoms with van der Waals surface area (Å²) in [5, 5.41) is 13.8. The van der Waals surface area contributed by atoms with Crippen LogP contribution in [0.2, 0.25) is 0 Å². The fraction of sp³-hybridized carbons (Fsp3) is 0.140. The van der Waals surface area contributed by atoms with Gasteiger partial charge in [-0.1, -0.05) is 72.8 Å². The number of nitrogens with one attached hydrogen (secondary N) is 4. The van der Waals surface area contributed by atoms with Crippen molar-refractivity contribution < 1.29 is 14.3 Å². The van der Waals surface area contributed by atoms with Gasteiger partial charge in [0.25, 0.3) is 0 Å². The van der Waals surface area contributed by atoms with Crippen molar-refractivity contribution in [1.82, 2.24) is 9.97 Å². The van der Waals surface area contributed by atoms with E-state index >= 15 is 4.79 Å². The molecule has 4 unspecified atom stereocenters. The predicted octanol–water partition coefficient (Wildman–Crippen LogP) is 10.9. The molecule has 0 bridgehead atoms. The second-order valence-corrected chi connectivity index (χ2v) is 14.6. The summed E-state index contributed by atoms with van der Waals surface area (Å²) < 4.78 is 11.6. The third-order valence-corrected chi connectivity index (χ3v) is 11.6. The number of carbonyl (C=O) groups is 1. The molecule has 7 nitrogen and oxygen atoms in total. The fourth-order valence-electron chi connectivity index (χ4n) is 7.33. The van der Waals surface area contributed by atoms with Crippen molar-refractivity contribution in [1.29, 1.82) is 0 Å². The van der Waals surface area contributed by atoms with E-state index in [4.69, 9.17) is 9.47 Å². The maximum Gasteiger partial charge on any atom is 0.152 e. The zero-order valence-corrected chi connectivity index (χ0v) is 30.3. The fourth-order valence-corrected chi connectivity index (χ4v) is 8.95. The molecular weight excluding hydrogens is 685 g/mol. The third kappa shape index (κ3) is 6.33. The first-order chi connectivity index (χ1) is 25.6. The summed E-state index contributed by atoms with van der Waals surface area (Å²) in [5.74, 6) is 0.199. The molecule has 8 aromatic rings. The van der Waals surface area contributed by atoms with Crippen LogP contribution in [0.4, 0.5) is 11.4 Å². The van der Waals surface area contributed by atoms with E-state index in [0.29, 0.717) is 11.5 Å². The highest BCUT2D eigenvalue weighted by Crippen LogP contribution is 2.48. The van der Waals surface area contributed by atoms with Crippen LogP contribution >= 0.6 is 22.7 Å². The van der Waals surface area contributed by atoms with Gasteiger partial charge in [-0.05, 0) is 70.4 Å². The lowest BCUT2D eigenvalue weighted by molar-refractivity contribution is -0.122. The third-order valence-electron chi connectivity index (χ3n) is 9.73. The Morgan fingerprint density at radius 1 is 0.558 bits per heavy atom. The molecule has 9 heteroatoms. The Kier molecular flexibility index (Phi) is 9.52. The zero-order chi connectivity index (χ0) is 35.4. The average Bonchev–Trinajstić information content (AvgIpc) is 4.03. The molecule has 0 spiro atoms. The van der Waals surface area contributed by atoms with Crippen LogP contribution in [0.15, 0.2) is 144 Å². The molecule has 4 atom stereocenters. The molecule has 0 aliphatic carbocycles. The van der Waals surface area contributed by atoms with Crippen LogP contribution in [0.1, 0.15) is 44.8 Å². The van der Waals surface area contributed by atoms with Crippen molar-refractivity contribution in [3.63, 3.8) is 0 Å². The highest BCUT2D eigenvalue weighted by atomic mass is 32.1. The molecule has 260 valence electrons. The van der Waals surface area contributed by atoms with Crippen LogP contribution in [-0.4, -0.2) is 30.0 Å². The first-order valence-corrected chi connectivity index (χ1v) is 18.9. The lowest BCUT2D eigenvalue weighted by atomic mass is 9.75. The zero-order valence-electron chi connectivity index (χ0n) is 28.7. The van der Waals surface area contributed by atoms with E-state index in [1.165, 1.54) is 0 Å². The second-order valence-electron chi connectivity index (χ2n) is 12.6. The topological polar surface area (TPSA) is 91.2 Å². The summed E-state index contributed by atoms with van der Waals surface area (Å²) in [6, 6.07) is 39.6. The number of aromatic amines is 2. The molecule has 8 rings (SSSR count). The number of fused-ring (bicyclic) bond motifs is 2. The smallest absolute Gasteiger partial charge is 0.152 e. The number of thiophene rings is 2. The second kappa shape index (κ2) is 14.8. The van der Waals surface area contributed by atoms with E-state index in [1.54, 1.807) is 36.9 Å². The Hall–Kier alpha value is -5.77. The minimum Gasteiger partial charge on any atom is -0.495 e. The molecule has 4 aromatic carbocycles. The molecule has 0 saturated heterocycles. The van der Waals surface area contributed by atoms with Gasteiger partial charge in [0, 0.05) is 44.0 Å². The average molecular weight is 723 g/mol. The molecule has 0 aliphatic heterocycles. The van der Waals surface area contributed by atoms with Crippen molar-refractivity contribution in [2.24, 2.45) is 0 Å². The molecule has 0 radical (unpaired) electrons. The van der Waals surface area contributed by atoms with Gasteiger partial charge < -0.3 is 30.1 Å². The number of carbonyl (C=O) groups excluding carboxylic acids is 1. The number of ether oxygens (including phenoxy) is 2. The number of methoxy groups -OCH3 is 2. The van der Waals surface area contributed by atoms with Crippen molar-refractivity contribution >= 4 is 61.6 Å². The van der Waals surface area contributed by atoms with E-state index in [1.807, 2.05) is 97.3 Å². The van der Waals surface area contributed by atoms with Gasteiger partial charge in [0.2, 0.25) is 0 Å². The summed E-state index contributed by atoms with van der Waals surface area (Å²) in [4.78, 5) is 25.4. The predicted molar refractivity (Wildman–Crippen MR) is 214 cm³/mol. The van der Waals surface area contributed by atoms with Gasteiger partial charge in [0.05, 0.1) is 49.5 Å². The van der Waals surface area contributed by atoms with Crippen molar-refractivity contribution in [3.8, 4) is 11.5 Å². The summed E-state index contributed by atoms with van der Waals surface area (Å²) in [6.45, 7) is 0. The highest BCUT2D eigenvalue weighted by Gasteiger charge is 2.43. The van der Waals surface area contributed by atoms with Crippen molar-refractivity contribution in [2.45, 2.75) is 23.9 Å². The first kappa shape index (κ1) is 33.4. The number of ketones is 1. The molecule has 4 aromatic heterocycles. The van der Waals surface area contributed by atoms with E-state index in [2.05, 4.69) is 67.8 Å². The van der Waals surface area contributed by atoms with Crippen molar-refractivity contribution in [3.05, 3.63) is 165 Å². The lowest BCUT2D eigenvalue weighted by Crippen LogP contribution is -2.34. The number of Topliss-reactive ketones (excluding diaryl/α,β-unsaturated/α-hetero) is 1. The molecule has 0 fully saturated rings. The molecule has 0 aliphatic rings. The van der Waals surface area contributed by atoms with Gasteiger partial charge in [-0.15, -0.1) is 22.7 Å². The first-order valence-electron chi connectivity index (χ1n) is 17.2. The van der Waals surface area contributed by atoms with E-state index in [9.17, 15) is 0 Å². The van der Waals surface area contributed by atoms with Crippen LogP contribution in [0.5, 0.6) is 11.5 Å². The highest BCUT2D eigenvalue weighted by molar-refractivity contribution is 7.10. The van der Waals surface area contributed by atoms with Gasteiger partial charge in [0.15, 0.2) is 5.78 Å². The number of para-hydroxylation sites is 6. The maximum atomic E-state index is 16.3. The van der Waals surface area contributed by atoms with Crippen molar-refractivity contribution in [2.75, 3.05) is 24.9 Å². The normalized spacial score (nSPS) is 13.7. The largest absolute Gasteiger partial charge is 0.495 e. The summed E-state index contributed by atoms with van der Waals surface area (Å²) >= 11 is 3.27. The number of benzene rings is 4. The van der Waals surface area contributed by atoms with Gasteiger partial charge in [-0.2, -0.15) is 0 Å². The number of anilines is 2. The minimum absolute atomic E-state index is 0.0658. The van der Waals surface area contributed by atoms with Gasteiger partial charge in [0.1, 0.15) is 11.5 Å². The standard InChI is InChI=1S/C43H38N4O3S2/c1-49-35-19-9-7-17-33(35)46-41(37-21-11-23-51-37)39(29-25-44-31-15-5-3-13-27(29)31)43(48)40(30-26-45-32-16-6-4-14-28(30)32)42(38-22-12-24-52-38)47-34-18-8-10-20-36(34)50-2/h3-26,39-42,44-47H,1-2H3. The Labute approximate surface area is 310 Å². The Morgan fingerprint density at radius 3 is 1.40 bits per heavy atom. The van der Waals surface area contributed by atoms with E-state index in [0.717, 1.165) is 54.1 Å². The minimum atomic E-state index is -0.639. The van der Waals surface area contributed by atoms with E-state index < -0.39 is 23.9 Å². The van der Waals surface area contributed by atoms with Gasteiger partial charge in [-0.3, -0.25) is 4.79 Å². The number of rotatable bonds is 14. The van der Waals surface area contributed by atoms with Crippen LogP contribution in [0.3, 0.4) is 0 Å². The molecule has 4 N–H and O–H groups in total. The Morgan fingerprint density at radius 2 is 0.981 bits per heavy atom. The van der Waals surface area contributed by atoms with Gasteiger partial charge in [-0.25, -0.2) is 0 Å². The van der Waals surface area contributed by atoms with Crippen LogP contribution in [0.25, 0.3) is 21.8 Å². The quantitative estimate of drug-likeness (QED) is 0.0897. The van der Waals surface area contributed by atoms with E-state index in [-0.39, 0.29) is 5.78 Å². The molecule has 4 heterocycles. The van der Waals surface area contributed by atoms with Gasteiger partial charge >= 0.3 is 0 Å². The van der Waals surface area contributed by atoms with Crippen LogP contribution in [0, 0.1) is 0 Å². The lowest BCUT2D eigenvalue weighted by Gasteiger charge is -2.34. The summed E-state index contributed by atoms with van der Waals surface area (Å²) in [5.41, 5.74) is 5.42. The molecule has 52 heavy (non-hydrogen) atoms. The SMILES string of the molecule is COc1ccccc1NC(c1cccs1)C(C(=O)C(c1c[nH]c2ccccc12)C(Nc1ccccc1OC)c1cccs1)c1c[nH]c2ccccc12. The number of hydrogen-bond acceptors (Lipinski definition) is 7. The number of H-pyrrole nitrogens is 2. The number of aromatic nitrogens is 2. The maximum absolute atomic E-state index is 16.3. The molecule has 0 amide bonds. The monoisotopic (exact) mass is 722 g/mol. The van der Waals surface area contributed by atoms with Crippen LogP contribution < -0.4 is 20.1 Å². The molecular formula is C43H38N4O3S2. The Bertz CT molecular complexity index is 2250. The van der Waals surface area contributed by atoms with Crippen LogP contribution in [-0.2, 0) is 4.79 Å². The summed E-state index contributed by atoms with van der Waals surface area (Å²) in [6.07, 6.45) is 4.02.